The zero-order valence-electron chi connectivity index (χ0n) is 9.59. The number of nitrogens with two attached hydrogens (primary N) is 1. The molecule has 9 heteroatoms. The predicted molar refractivity (Wildman–Crippen MR) is 69.3 cm³/mol. The number of rotatable bonds is 5. The highest BCUT2D eigenvalue weighted by Crippen LogP contribution is 2.13. The van der Waals surface area contributed by atoms with Crippen molar-refractivity contribution >= 4 is 39.5 Å². The molecule has 0 aromatic carbocycles. The first-order chi connectivity index (χ1) is 8.88. The number of carboxylic acids is 1. The summed E-state index contributed by atoms with van der Waals surface area (Å²) < 4.78 is 0.650. The second kappa shape index (κ2) is 6.69. The lowest BCUT2D eigenvalue weighted by Crippen LogP contribution is -2.45. The van der Waals surface area contributed by atoms with Crippen LogP contribution in [0.15, 0.2) is 22.9 Å². The Morgan fingerprint density at radius 3 is 2.63 bits per heavy atom. The van der Waals surface area contributed by atoms with E-state index in [0.717, 1.165) is 0 Å². The molecule has 0 saturated carbocycles. The number of aliphatic carboxylic acids is 1. The van der Waals surface area contributed by atoms with Gasteiger partial charge in [-0.15, -0.1) is 0 Å². The van der Waals surface area contributed by atoms with Crippen LogP contribution in [0.2, 0.25) is 0 Å². The van der Waals surface area contributed by atoms with Crippen LogP contribution in [0, 0.1) is 0 Å². The summed E-state index contributed by atoms with van der Waals surface area (Å²) in [7, 11) is 0. The first-order valence-electron chi connectivity index (χ1n) is 5.07. The number of amides is 3. The van der Waals surface area contributed by atoms with Gasteiger partial charge in [-0.05, 0) is 22.0 Å². The minimum Gasteiger partial charge on any atom is -0.480 e. The maximum atomic E-state index is 11.5. The van der Waals surface area contributed by atoms with Crippen LogP contribution >= 0.6 is 15.9 Å². The Labute approximate surface area is 116 Å². The maximum absolute atomic E-state index is 11.5. The standard InChI is InChI=1S/C10H11BrN4O4/c11-5-1-6(4-13-3-5)14-10(19)15-7(9(17)18)2-8(12)16/h1,3-4,7H,2H2,(H2,12,16)(H,17,18)(H2,14,15,19)/t7-/m0/s1. The predicted octanol–water partition coefficient (Wildman–Crippen LogP) is 0.294. The van der Waals surface area contributed by atoms with Crippen molar-refractivity contribution in [2.75, 3.05) is 5.32 Å². The highest BCUT2D eigenvalue weighted by Gasteiger charge is 2.22. The molecule has 0 aliphatic carbocycles. The first-order valence-corrected chi connectivity index (χ1v) is 5.87. The van der Waals surface area contributed by atoms with E-state index in [-0.39, 0.29) is 0 Å². The molecule has 1 aromatic rings. The number of anilines is 1. The van der Waals surface area contributed by atoms with E-state index < -0.39 is 30.4 Å². The molecule has 0 aliphatic heterocycles. The summed E-state index contributed by atoms with van der Waals surface area (Å²) in [5.41, 5.74) is 5.26. The normalized spacial score (nSPS) is 11.4. The molecule has 0 saturated heterocycles. The van der Waals surface area contributed by atoms with Crippen LogP contribution in [0.4, 0.5) is 10.5 Å². The molecule has 0 fully saturated rings. The van der Waals surface area contributed by atoms with Gasteiger partial charge in [0.15, 0.2) is 0 Å². The quantitative estimate of drug-likeness (QED) is 0.615. The van der Waals surface area contributed by atoms with Crippen LogP contribution in [0.25, 0.3) is 0 Å². The molecule has 0 spiro atoms. The molecule has 1 heterocycles. The molecule has 0 aliphatic rings. The van der Waals surface area contributed by atoms with E-state index >= 15 is 0 Å². The van der Waals surface area contributed by atoms with Crippen LogP contribution < -0.4 is 16.4 Å². The number of nitrogens with zero attached hydrogens (tertiary/aromatic N) is 1. The van der Waals surface area contributed by atoms with Gasteiger partial charge in [0.05, 0.1) is 18.3 Å². The Bertz CT molecular complexity index is 508. The number of carboxylic acid groups (broad SMARTS) is 1. The van der Waals surface area contributed by atoms with Crippen LogP contribution in [0.3, 0.4) is 0 Å². The Hall–Kier alpha value is -2.16. The Morgan fingerprint density at radius 2 is 2.11 bits per heavy atom. The van der Waals surface area contributed by atoms with Crippen LogP contribution in [0.5, 0.6) is 0 Å². The van der Waals surface area contributed by atoms with E-state index in [2.05, 4.69) is 31.5 Å². The SMILES string of the molecule is NC(=O)C[C@H](NC(=O)Nc1cncc(Br)c1)C(=O)O. The van der Waals surface area contributed by atoms with Gasteiger partial charge in [-0.2, -0.15) is 0 Å². The van der Waals surface area contributed by atoms with Gasteiger partial charge in [-0.25, -0.2) is 9.59 Å². The molecule has 1 atom stereocenters. The van der Waals surface area contributed by atoms with E-state index in [9.17, 15) is 14.4 Å². The number of nitrogens with one attached hydrogen (secondary N) is 2. The van der Waals surface area contributed by atoms with Crippen molar-refractivity contribution in [1.29, 1.82) is 0 Å². The third-order valence-electron chi connectivity index (χ3n) is 1.97. The Balaban J connectivity index is 2.62. The van der Waals surface area contributed by atoms with Gasteiger partial charge < -0.3 is 21.5 Å². The highest BCUT2D eigenvalue weighted by molar-refractivity contribution is 9.10. The van der Waals surface area contributed by atoms with Crippen LogP contribution in [-0.4, -0.2) is 34.0 Å². The molecule has 5 N–H and O–H groups in total. The number of aromatic nitrogens is 1. The van der Waals surface area contributed by atoms with E-state index in [4.69, 9.17) is 10.8 Å². The minimum absolute atomic E-state index is 0.370. The number of halogens is 1. The number of carbonyl (C=O) groups is 3. The van der Waals surface area contributed by atoms with Gasteiger partial charge in [-0.3, -0.25) is 9.78 Å². The largest absolute Gasteiger partial charge is 0.480 e. The van der Waals surface area contributed by atoms with Crippen molar-refractivity contribution in [3.8, 4) is 0 Å². The van der Waals surface area contributed by atoms with Crippen molar-refractivity contribution in [2.24, 2.45) is 5.73 Å². The fourth-order valence-corrected chi connectivity index (χ4v) is 1.57. The smallest absolute Gasteiger partial charge is 0.326 e. The Morgan fingerprint density at radius 1 is 1.42 bits per heavy atom. The monoisotopic (exact) mass is 330 g/mol. The van der Waals surface area contributed by atoms with Crippen molar-refractivity contribution in [2.45, 2.75) is 12.5 Å². The zero-order valence-corrected chi connectivity index (χ0v) is 11.2. The molecular formula is C10H11BrN4O4. The molecular weight excluding hydrogens is 320 g/mol. The van der Waals surface area contributed by atoms with Crippen molar-refractivity contribution in [3.05, 3.63) is 22.9 Å². The molecule has 0 radical (unpaired) electrons. The number of hydrogen-bond acceptors (Lipinski definition) is 4. The van der Waals surface area contributed by atoms with Gasteiger partial charge in [0.1, 0.15) is 6.04 Å². The van der Waals surface area contributed by atoms with Gasteiger partial charge in [-0.1, -0.05) is 0 Å². The summed E-state index contributed by atoms with van der Waals surface area (Å²) in [6.45, 7) is 0. The second-order valence-electron chi connectivity index (χ2n) is 3.55. The summed E-state index contributed by atoms with van der Waals surface area (Å²) >= 11 is 3.17. The lowest BCUT2D eigenvalue weighted by molar-refractivity contribution is -0.140. The summed E-state index contributed by atoms with van der Waals surface area (Å²) in [6, 6.07) is -0.567. The van der Waals surface area contributed by atoms with E-state index in [0.29, 0.717) is 10.2 Å². The lowest BCUT2D eigenvalue weighted by Gasteiger charge is -2.13. The van der Waals surface area contributed by atoms with Crippen molar-refractivity contribution in [3.63, 3.8) is 0 Å². The average molecular weight is 331 g/mol. The number of carbonyl (C=O) groups excluding carboxylic acids is 2. The van der Waals surface area contributed by atoms with Crippen molar-refractivity contribution in [1.82, 2.24) is 10.3 Å². The zero-order chi connectivity index (χ0) is 14.4. The number of primary amides is 1. The number of urea groups is 1. The van der Waals surface area contributed by atoms with E-state index in [1.807, 2.05) is 0 Å². The summed E-state index contributed by atoms with van der Waals surface area (Å²) in [6.07, 6.45) is 2.42. The van der Waals surface area contributed by atoms with Gasteiger partial charge >= 0.3 is 12.0 Å². The molecule has 1 aromatic heterocycles. The molecule has 0 unspecified atom stereocenters. The van der Waals surface area contributed by atoms with Gasteiger partial charge in [0, 0.05) is 10.7 Å². The summed E-state index contributed by atoms with van der Waals surface area (Å²) in [5.74, 6) is -2.17. The van der Waals surface area contributed by atoms with Gasteiger partial charge in [0.25, 0.3) is 0 Å². The molecule has 19 heavy (non-hydrogen) atoms. The number of hydrogen-bond donors (Lipinski definition) is 4. The van der Waals surface area contributed by atoms with Gasteiger partial charge in [0.2, 0.25) is 5.91 Å². The third kappa shape index (κ3) is 5.34. The summed E-state index contributed by atoms with van der Waals surface area (Å²) in [5, 5.41) is 13.3. The molecule has 0 bridgehead atoms. The van der Waals surface area contributed by atoms with Crippen LogP contribution in [-0.2, 0) is 9.59 Å². The highest BCUT2D eigenvalue weighted by atomic mass is 79.9. The number of pyridine rings is 1. The fraction of sp³-hybridized carbons (Fsp3) is 0.200. The first kappa shape index (κ1) is 14.9. The molecule has 1 rings (SSSR count). The van der Waals surface area contributed by atoms with E-state index in [1.165, 1.54) is 12.4 Å². The molecule has 8 nitrogen and oxygen atoms in total. The summed E-state index contributed by atoms with van der Waals surface area (Å²) in [4.78, 5) is 36.8. The minimum atomic E-state index is -1.38. The van der Waals surface area contributed by atoms with E-state index in [1.54, 1.807) is 6.07 Å². The maximum Gasteiger partial charge on any atom is 0.326 e. The Kier molecular flexibility index (Phi) is 5.24. The molecule has 102 valence electrons. The van der Waals surface area contributed by atoms with Crippen LogP contribution in [0.1, 0.15) is 6.42 Å². The third-order valence-corrected chi connectivity index (χ3v) is 2.41. The fourth-order valence-electron chi connectivity index (χ4n) is 1.21. The lowest BCUT2D eigenvalue weighted by atomic mass is 10.2. The topological polar surface area (TPSA) is 134 Å². The van der Waals surface area contributed by atoms with Crippen molar-refractivity contribution < 1.29 is 19.5 Å². The average Bonchev–Trinajstić information content (AvgIpc) is 2.27. The molecule has 3 amide bonds. The second-order valence-corrected chi connectivity index (χ2v) is 4.47.